The van der Waals surface area contributed by atoms with Gasteiger partial charge in [-0.1, -0.05) is 12.1 Å². The topological polar surface area (TPSA) is 135 Å². The third-order valence-corrected chi connectivity index (χ3v) is 7.01. The Morgan fingerprint density at radius 2 is 1.74 bits per heavy atom. The van der Waals surface area contributed by atoms with Crippen molar-refractivity contribution < 1.29 is 21.8 Å². The SMILES string of the molecule is Cc1ccc([N+](=O)[O-])cc1S(=O)(=O)Nc1cccc(S(=O)(=O)NC2CC2)c1. The molecule has 11 heteroatoms. The zero-order valence-electron chi connectivity index (χ0n) is 14.2. The van der Waals surface area contributed by atoms with Crippen LogP contribution in [0.2, 0.25) is 0 Å². The Hall–Kier alpha value is -2.50. The summed E-state index contributed by atoms with van der Waals surface area (Å²) in [5.41, 5.74) is 0.0118. The minimum absolute atomic E-state index is 0.0413. The first kappa shape index (κ1) is 19.3. The monoisotopic (exact) mass is 411 g/mol. The molecule has 2 aromatic rings. The van der Waals surface area contributed by atoms with Crippen molar-refractivity contribution in [3.63, 3.8) is 0 Å². The summed E-state index contributed by atoms with van der Waals surface area (Å²) < 4.78 is 54.7. The highest BCUT2D eigenvalue weighted by molar-refractivity contribution is 7.92. The van der Waals surface area contributed by atoms with Gasteiger partial charge in [-0.3, -0.25) is 14.8 Å². The maximum Gasteiger partial charge on any atom is 0.270 e. The molecule has 0 spiro atoms. The van der Waals surface area contributed by atoms with Gasteiger partial charge in [-0.2, -0.15) is 0 Å². The van der Waals surface area contributed by atoms with Crippen LogP contribution < -0.4 is 9.44 Å². The zero-order chi connectivity index (χ0) is 19.8. The summed E-state index contributed by atoms with van der Waals surface area (Å²) in [5.74, 6) is 0. The second-order valence-electron chi connectivity index (χ2n) is 6.24. The molecule has 1 saturated carbocycles. The number of nitrogens with zero attached hydrogens (tertiary/aromatic N) is 1. The average molecular weight is 411 g/mol. The lowest BCUT2D eigenvalue weighted by atomic mass is 10.2. The fraction of sp³-hybridized carbons (Fsp3) is 0.250. The van der Waals surface area contributed by atoms with Gasteiger partial charge in [-0.05, 0) is 43.5 Å². The van der Waals surface area contributed by atoms with E-state index in [1.165, 1.54) is 43.3 Å². The summed E-state index contributed by atoms with van der Waals surface area (Å²) in [6.07, 6.45) is 1.55. The fourth-order valence-electron chi connectivity index (χ4n) is 2.42. The molecule has 0 amide bonds. The Morgan fingerprint density at radius 1 is 1.04 bits per heavy atom. The molecule has 2 N–H and O–H groups in total. The highest BCUT2D eigenvalue weighted by Gasteiger charge is 2.28. The Balaban J connectivity index is 1.92. The number of hydrogen-bond donors (Lipinski definition) is 2. The summed E-state index contributed by atoms with van der Waals surface area (Å²) in [7, 11) is -7.88. The van der Waals surface area contributed by atoms with Crippen molar-refractivity contribution in [2.75, 3.05) is 4.72 Å². The summed E-state index contributed by atoms with van der Waals surface area (Å²) >= 11 is 0. The van der Waals surface area contributed by atoms with E-state index in [0.29, 0.717) is 5.56 Å². The minimum atomic E-state index is -4.14. The normalized spacial score (nSPS) is 14.7. The molecule has 0 unspecified atom stereocenters. The number of nitro groups is 1. The molecule has 0 heterocycles. The van der Waals surface area contributed by atoms with E-state index in [2.05, 4.69) is 9.44 Å². The van der Waals surface area contributed by atoms with Crippen LogP contribution >= 0.6 is 0 Å². The lowest BCUT2D eigenvalue weighted by Gasteiger charge is -2.12. The highest BCUT2D eigenvalue weighted by Crippen LogP contribution is 2.26. The van der Waals surface area contributed by atoms with Gasteiger partial charge in [0.15, 0.2) is 0 Å². The minimum Gasteiger partial charge on any atom is -0.280 e. The Morgan fingerprint density at radius 3 is 2.37 bits per heavy atom. The van der Waals surface area contributed by atoms with Crippen molar-refractivity contribution in [3.05, 3.63) is 58.1 Å². The van der Waals surface area contributed by atoms with Crippen molar-refractivity contribution in [1.29, 1.82) is 0 Å². The molecule has 0 atom stereocenters. The maximum atomic E-state index is 12.6. The smallest absolute Gasteiger partial charge is 0.270 e. The number of rotatable bonds is 7. The lowest BCUT2D eigenvalue weighted by Crippen LogP contribution is -2.25. The van der Waals surface area contributed by atoms with Crippen LogP contribution in [0.4, 0.5) is 11.4 Å². The van der Waals surface area contributed by atoms with E-state index in [0.717, 1.165) is 18.9 Å². The van der Waals surface area contributed by atoms with Crippen molar-refractivity contribution in [1.82, 2.24) is 4.72 Å². The first-order valence-corrected chi connectivity index (χ1v) is 11.0. The second kappa shape index (κ2) is 6.91. The van der Waals surface area contributed by atoms with E-state index in [-0.39, 0.29) is 27.2 Å². The van der Waals surface area contributed by atoms with E-state index in [4.69, 9.17) is 0 Å². The lowest BCUT2D eigenvalue weighted by molar-refractivity contribution is -0.385. The molecule has 0 saturated heterocycles. The van der Waals surface area contributed by atoms with Crippen LogP contribution in [0.5, 0.6) is 0 Å². The zero-order valence-corrected chi connectivity index (χ0v) is 15.9. The van der Waals surface area contributed by atoms with Gasteiger partial charge < -0.3 is 0 Å². The number of hydrogen-bond acceptors (Lipinski definition) is 6. The van der Waals surface area contributed by atoms with E-state index in [1.54, 1.807) is 0 Å². The second-order valence-corrected chi connectivity index (χ2v) is 9.60. The van der Waals surface area contributed by atoms with Crippen LogP contribution in [0.25, 0.3) is 0 Å². The van der Waals surface area contributed by atoms with Gasteiger partial charge in [-0.25, -0.2) is 21.6 Å². The molecule has 2 aromatic carbocycles. The number of sulfonamides is 2. The number of benzene rings is 2. The number of nitrogens with one attached hydrogen (secondary N) is 2. The number of anilines is 1. The number of nitro benzene ring substituents is 1. The van der Waals surface area contributed by atoms with E-state index < -0.39 is 25.0 Å². The number of aryl methyl sites for hydroxylation is 1. The molecule has 1 fully saturated rings. The van der Waals surface area contributed by atoms with E-state index in [1.807, 2.05) is 0 Å². The third-order valence-electron chi connectivity index (χ3n) is 3.97. The maximum absolute atomic E-state index is 12.6. The molecule has 0 radical (unpaired) electrons. The summed E-state index contributed by atoms with van der Waals surface area (Å²) in [4.78, 5) is 9.92. The fourth-order valence-corrected chi connectivity index (χ4v) is 5.08. The molecule has 3 rings (SSSR count). The Labute approximate surface area is 156 Å². The molecule has 1 aliphatic rings. The number of non-ortho nitro benzene ring substituents is 1. The first-order chi connectivity index (χ1) is 12.6. The molecule has 0 aliphatic heterocycles. The average Bonchev–Trinajstić information content (AvgIpc) is 3.38. The van der Waals surface area contributed by atoms with Gasteiger partial charge in [0.2, 0.25) is 10.0 Å². The summed E-state index contributed by atoms with van der Waals surface area (Å²) in [5, 5.41) is 10.9. The molecule has 27 heavy (non-hydrogen) atoms. The highest BCUT2D eigenvalue weighted by atomic mass is 32.2. The van der Waals surface area contributed by atoms with Crippen molar-refractivity contribution >= 4 is 31.4 Å². The van der Waals surface area contributed by atoms with Crippen molar-refractivity contribution in [3.8, 4) is 0 Å². The van der Waals surface area contributed by atoms with Crippen LogP contribution in [0.15, 0.2) is 52.3 Å². The van der Waals surface area contributed by atoms with Crippen LogP contribution in [0, 0.1) is 17.0 Å². The van der Waals surface area contributed by atoms with Gasteiger partial charge in [0.25, 0.3) is 15.7 Å². The summed E-state index contributed by atoms with van der Waals surface area (Å²) in [6, 6.07) is 8.82. The molecular weight excluding hydrogens is 394 g/mol. The molecule has 144 valence electrons. The van der Waals surface area contributed by atoms with Gasteiger partial charge in [0.05, 0.1) is 20.4 Å². The standard InChI is InChI=1S/C16H17N3O6S2/c1-11-5-8-14(19(20)21)10-16(11)27(24,25)18-13-3-2-4-15(9-13)26(22,23)17-12-6-7-12/h2-5,8-10,12,17-18H,6-7H2,1H3. The summed E-state index contributed by atoms with van der Waals surface area (Å²) in [6.45, 7) is 1.51. The first-order valence-electron chi connectivity index (χ1n) is 7.99. The molecule has 9 nitrogen and oxygen atoms in total. The quantitative estimate of drug-likeness (QED) is 0.529. The Kier molecular flexibility index (Phi) is 4.93. The predicted octanol–water partition coefficient (Wildman–Crippen LogP) is 2.14. The Bertz CT molecular complexity index is 1110. The van der Waals surface area contributed by atoms with Crippen LogP contribution in [0.3, 0.4) is 0 Å². The predicted molar refractivity (Wildman–Crippen MR) is 98.4 cm³/mol. The largest absolute Gasteiger partial charge is 0.280 e. The third kappa shape index (κ3) is 4.43. The van der Waals surface area contributed by atoms with Gasteiger partial charge in [-0.15, -0.1) is 0 Å². The van der Waals surface area contributed by atoms with Crippen LogP contribution in [-0.2, 0) is 20.0 Å². The van der Waals surface area contributed by atoms with Crippen molar-refractivity contribution in [2.45, 2.75) is 35.6 Å². The molecular formula is C16H17N3O6S2. The van der Waals surface area contributed by atoms with E-state index in [9.17, 15) is 26.9 Å². The van der Waals surface area contributed by atoms with Gasteiger partial charge in [0, 0.05) is 18.2 Å². The molecule has 0 bridgehead atoms. The molecule has 0 aromatic heterocycles. The van der Waals surface area contributed by atoms with Crippen LogP contribution in [-0.4, -0.2) is 27.8 Å². The van der Waals surface area contributed by atoms with Crippen molar-refractivity contribution in [2.24, 2.45) is 0 Å². The van der Waals surface area contributed by atoms with Crippen LogP contribution in [0.1, 0.15) is 18.4 Å². The van der Waals surface area contributed by atoms with E-state index >= 15 is 0 Å². The van der Waals surface area contributed by atoms with Gasteiger partial charge >= 0.3 is 0 Å². The van der Waals surface area contributed by atoms with Gasteiger partial charge in [0.1, 0.15) is 0 Å². The molecule has 1 aliphatic carbocycles.